The maximum absolute atomic E-state index is 12.7. The number of nitriles is 1. The van der Waals surface area contributed by atoms with E-state index in [1.165, 1.54) is 17.2 Å². The number of piperidine rings is 1. The van der Waals surface area contributed by atoms with Crippen molar-refractivity contribution in [2.24, 2.45) is 5.92 Å². The Bertz CT molecular complexity index is 1200. The first-order chi connectivity index (χ1) is 17.1. The number of likely N-dealkylation sites (tertiary alicyclic amines) is 1. The van der Waals surface area contributed by atoms with Gasteiger partial charge in [0.2, 0.25) is 5.88 Å². The number of nitrogens with two attached hydrogens (primary N) is 1. The zero-order valence-corrected chi connectivity index (χ0v) is 19.9. The molecule has 0 atom stereocenters. The van der Waals surface area contributed by atoms with E-state index in [4.69, 9.17) is 10.5 Å². The largest absolute Gasteiger partial charge is 0.477 e. The lowest BCUT2D eigenvalue weighted by atomic mass is 9.96. The molecule has 8 heteroatoms. The minimum atomic E-state index is -0.309. The molecule has 1 aliphatic heterocycles. The standard InChI is InChI=1S/C27H30N6O2/c1-2-35-27-23(15-28)24(29)14-25(32-27)26(34)31-16-19-8-11-33(12-9-19)18-20-5-3-6-21(13-20)22-7-4-10-30-17-22/h3-7,10,13-14,17,19H,2,8-9,11-12,16,18H2,1H3,(H2,29,32)(H,31,34). The fraction of sp³-hybridized carbons (Fsp3) is 0.333. The highest BCUT2D eigenvalue weighted by Gasteiger charge is 2.21. The summed E-state index contributed by atoms with van der Waals surface area (Å²) in [6.45, 7) is 5.56. The lowest BCUT2D eigenvalue weighted by molar-refractivity contribution is 0.0929. The molecule has 2 aromatic heterocycles. The summed E-state index contributed by atoms with van der Waals surface area (Å²) in [6.07, 6.45) is 5.69. The van der Waals surface area contributed by atoms with Gasteiger partial charge in [0.15, 0.2) is 0 Å². The van der Waals surface area contributed by atoms with Gasteiger partial charge >= 0.3 is 0 Å². The number of nitrogen functional groups attached to an aromatic ring is 1. The number of nitrogens with one attached hydrogen (secondary N) is 1. The maximum atomic E-state index is 12.7. The molecule has 0 unspecified atom stereocenters. The van der Waals surface area contributed by atoms with E-state index >= 15 is 0 Å². The van der Waals surface area contributed by atoms with Crippen molar-refractivity contribution in [2.75, 3.05) is 32.0 Å². The first-order valence-corrected chi connectivity index (χ1v) is 11.9. The van der Waals surface area contributed by atoms with Crippen LogP contribution in [0.25, 0.3) is 11.1 Å². The van der Waals surface area contributed by atoms with E-state index in [1.807, 2.05) is 18.3 Å². The van der Waals surface area contributed by atoms with Crippen molar-refractivity contribution in [1.29, 1.82) is 5.26 Å². The number of nitrogens with zero attached hydrogens (tertiary/aromatic N) is 4. The Morgan fingerprint density at radius 1 is 1.23 bits per heavy atom. The van der Waals surface area contributed by atoms with E-state index in [0.717, 1.165) is 38.0 Å². The molecule has 1 aromatic carbocycles. The molecule has 8 nitrogen and oxygen atoms in total. The van der Waals surface area contributed by atoms with Crippen molar-refractivity contribution in [3.63, 3.8) is 0 Å². The van der Waals surface area contributed by atoms with Crippen LogP contribution < -0.4 is 15.8 Å². The average Bonchev–Trinajstić information content (AvgIpc) is 2.89. The van der Waals surface area contributed by atoms with Gasteiger partial charge in [-0.1, -0.05) is 24.3 Å². The van der Waals surface area contributed by atoms with Crippen LogP contribution in [0.15, 0.2) is 54.9 Å². The van der Waals surface area contributed by atoms with Crippen molar-refractivity contribution < 1.29 is 9.53 Å². The normalized spacial score (nSPS) is 14.3. The molecule has 180 valence electrons. The Morgan fingerprint density at radius 3 is 2.74 bits per heavy atom. The molecule has 35 heavy (non-hydrogen) atoms. The van der Waals surface area contributed by atoms with E-state index < -0.39 is 0 Å². The number of hydrogen-bond donors (Lipinski definition) is 2. The zero-order chi connectivity index (χ0) is 24.6. The molecule has 3 aromatic rings. The number of pyridine rings is 2. The predicted octanol–water partition coefficient (Wildman–Crippen LogP) is 3.64. The van der Waals surface area contributed by atoms with E-state index in [0.29, 0.717) is 19.1 Å². The predicted molar refractivity (Wildman–Crippen MR) is 135 cm³/mol. The van der Waals surface area contributed by atoms with Gasteiger partial charge in [-0.2, -0.15) is 5.26 Å². The van der Waals surface area contributed by atoms with E-state index in [9.17, 15) is 10.1 Å². The highest BCUT2D eigenvalue weighted by atomic mass is 16.5. The summed E-state index contributed by atoms with van der Waals surface area (Å²) in [5.74, 6) is 0.192. The van der Waals surface area contributed by atoms with E-state index in [-0.39, 0.29) is 28.7 Å². The van der Waals surface area contributed by atoms with Gasteiger partial charge in [0.05, 0.1) is 12.3 Å². The average molecular weight is 471 g/mol. The van der Waals surface area contributed by atoms with Gasteiger partial charge in [0, 0.05) is 25.5 Å². The molecule has 1 amide bonds. The highest BCUT2D eigenvalue weighted by Crippen LogP contribution is 2.24. The quantitative estimate of drug-likeness (QED) is 0.516. The molecule has 4 rings (SSSR count). The smallest absolute Gasteiger partial charge is 0.270 e. The number of carbonyl (C=O) groups is 1. The van der Waals surface area contributed by atoms with Gasteiger partial charge in [-0.05, 0) is 73.7 Å². The number of ether oxygens (including phenoxy) is 1. The molecule has 0 bridgehead atoms. The third-order valence-corrected chi connectivity index (χ3v) is 6.23. The van der Waals surface area contributed by atoms with E-state index in [2.05, 4.69) is 50.5 Å². The molecule has 1 aliphatic rings. The number of hydrogen-bond acceptors (Lipinski definition) is 7. The molecule has 1 fully saturated rings. The fourth-order valence-electron chi connectivity index (χ4n) is 4.33. The van der Waals surface area contributed by atoms with Crippen molar-refractivity contribution >= 4 is 11.6 Å². The first-order valence-electron chi connectivity index (χ1n) is 11.9. The summed E-state index contributed by atoms with van der Waals surface area (Å²) in [5.41, 5.74) is 10.0. The molecule has 1 saturated heterocycles. The van der Waals surface area contributed by atoms with Crippen LogP contribution in [0.3, 0.4) is 0 Å². The summed E-state index contributed by atoms with van der Waals surface area (Å²) < 4.78 is 5.38. The SMILES string of the molecule is CCOc1nc(C(=O)NCC2CCN(Cc3cccc(-c4cccnc4)c3)CC2)cc(N)c1C#N. The molecular formula is C27H30N6O2. The minimum absolute atomic E-state index is 0.0982. The Labute approximate surface area is 205 Å². The summed E-state index contributed by atoms with van der Waals surface area (Å²) in [6, 6.07) is 16.0. The molecule has 3 N–H and O–H groups in total. The lowest BCUT2D eigenvalue weighted by Gasteiger charge is -2.32. The van der Waals surface area contributed by atoms with Gasteiger partial charge in [0.25, 0.3) is 5.91 Å². The van der Waals surface area contributed by atoms with E-state index in [1.54, 1.807) is 13.1 Å². The monoisotopic (exact) mass is 470 g/mol. The Kier molecular flexibility index (Phi) is 7.91. The van der Waals surface area contributed by atoms with Crippen LogP contribution in [0.5, 0.6) is 5.88 Å². The summed E-state index contributed by atoms with van der Waals surface area (Å²) in [4.78, 5) is 23.5. The number of rotatable bonds is 8. The summed E-state index contributed by atoms with van der Waals surface area (Å²) in [5, 5.41) is 12.2. The third-order valence-electron chi connectivity index (χ3n) is 6.23. The Morgan fingerprint density at radius 2 is 2.03 bits per heavy atom. The summed E-state index contributed by atoms with van der Waals surface area (Å²) >= 11 is 0. The van der Waals surface area contributed by atoms with Crippen molar-refractivity contribution in [3.8, 4) is 23.1 Å². The molecule has 3 heterocycles. The lowest BCUT2D eigenvalue weighted by Crippen LogP contribution is -2.38. The van der Waals surface area contributed by atoms with Crippen LogP contribution in [-0.4, -0.2) is 47.0 Å². The number of aromatic nitrogens is 2. The van der Waals surface area contributed by atoms with Gasteiger partial charge in [-0.15, -0.1) is 0 Å². The zero-order valence-electron chi connectivity index (χ0n) is 19.9. The van der Waals surface area contributed by atoms with Crippen LogP contribution in [0.4, 0.5) is 5.69 Å². The highest BCUT2D eigenvalue weighted by molar-refractivity contribution is 5.93. The molecule has 0 spiro atoms. The van der Waals surface area contributed by atoms with Crippen molar-refractivity contribution in [3.05, 3.63) is 71.7 Å². The van der Waals surface area contributed by atoms with Crippen LogP contribution >= 0.6 is 0 Å². The second-order valence-corrected chi connectivity index (χ2v) is 8.69. The summed E-state index contributed by atoms with van der Waals surface area (Å²) in [7, 11) is 0. The molecule has 0 saturated carbocycles. The fourth-order valence-corrected chi connectivity index (χ4v) is 4.33. The number of carbonyl (C=O) groups excluding carboxylic acids is 1. The number of benzene rings is 1. The maximum Gasteiger partial charge on any atom is 0.270 e. The topological polar surface area (TPSA) is 117 Å². The molecule has 0 aliphatic carbocycles. The Balaban J connectivity index is 1.28. The minimum Gasteiger partial charge on any atom is -0.477 e. The second-order valence-electron chi connectivity index (χ2n) is 8.69. The molecular weight excluding hydrogens is 440 g/mol. The Hall–Kier alpha value is -3.96. The second kappa shape index (κ2) is 11.4. The van der Waals surface area contributed by atoms with Crippen LogP contribution in [0.1, 0.15) is 41.4 Å². The molecule has 0 radical (unpaired) electrons. The first kappa shape index (κ1) is 24.2. The van der Waals surface area contributed by atoms with Crippen LogP contribution in [-0.2, 0) is 6.54 Å². The van der Waals surface area contributed by atoms with Crippen LogP contribution in [0.2, 0.25) is 0 Å². The van der Waals surface area contributed by atoms with Gasteiger partial charge in [0.1, 0.15) is 17.3 Å². The number of anilines is 1. The van der Waals surface area contributed by atoms with Gasteiger partial charge < -0.3 is 15.8 Å². The van der Waals surface area contributed by atoms with Gasteiger partial charge in [-0.25, -0.2) is 4.98 Å². The van der Waals surface area contributed by atoms with Gasteiger partial charge in [-0.3, -0.25) is 14.7 Å². The number of amides is 1. The van der Waals surface area contributed by atoms with Crippen molar-refractivity contribution in [2.45, 2.75) is 26.3 Å². The third kappa shape index (κ3) is 6.14. The van der Waals surface area contributed by atoms with Crippen LogP contribution in [0, 0.1) is 17.2 Å². The van der Waals surface area contributed by atoms with Crippen molar-refractivity contribution in [1.82, 2.24) is 20.2 Å².